The van der Waals surface area contributed by atoms with Gasteiger partial charge in [0.2, 0.25) is 5.91 Å². The van der Waals surface area contributed by atoms with Crippen LogP contribution >= 0.6 is 11.6 Å². The third kappa shape index (κ3) is 3.57. The third-order valence-corrected chi connectivity index (χ3v) is 3.96. The van der Waals surface area contributed by atoms with Crippen LogP contribution in [0.2, 0.25) is 5.02 Å². The molecule has 0 radical (unpaired) electrons. The quantitative estimate of drug-likeness (QED) is 0.661. The van der Waals surface area contributed by atoms with Crippen LogP contribution in [0.5, 0.6) is 5.75 Å². The molecule has 0 aromatic heterocycles. The van der Waals surface area contributed by atoms with Gasteiger partial charge in [0, 0.05) is 17.3 Å². The zero-order valence-corrected chi connectivity index (χ0v) is 14.4. The second-order valence-electron chi connectivity index (χ2n) is 5.40. The maximum absolute atomic E-state index is 12.7. The molecule has 1 atom stereocenters. The van der Waals surface area contributed by atoms with E-state index >= 15 is 0 Å². The Hall–Kier alpha value is -3.19. The number of carbonyl (C=O) groups excluding carboxylic acids is 3. The second kappa shape index (κ2) is 7.37. The van der Waals surface area contributed by atoms with Gasteiger partial charge in [-0.1, -0.05) is 17.7 Å². The molecule has 0 saturated carbocycles. The van der Waals surface area contributed by atoms with E-state index in [4.69, 9.17) is 16.3 Å². The number of nitrogens with one attached hydrogen (secondary N) is 1. The Morgan fingerprint density at radius 3 is 2.58 bits per heavy atom. The topological polar surface area (TPSA) is 88.1 Å². The molecule has 1 fully saturated rings. The zero-order valence-electron chi connectivity index (χ0n) is 13.7. The monoisotopic (exact) mass is 371 g/mol. The van der Waals surface area contributed by atoms with Crippen LogP contribution in [0, 0.1) is 5.92 Å². The smallest absolute Gasteiger partial charge is 0.335 e. The number of imide groups is 2. The molecule has 7 nitrogen and oxygen atoms in total. The van der Waals surface area contributed by atoms with Crippen LogP contribution < -0.4 is 15.0 Å². The molecule has 0 spiro atoms. The van der Waals surface area contributed by atoms with E-state index in [2.05, 4.69) is 10.3 Å². The van der Waals surface area contributed by atoms with Gasteiger partial charge in [-0.3, -0.25) is 19.9 Å². The summed E-state index contributed by atoms with van der Waals surface area (Å²) in [6.07, 6.45) is 1.21. The number of rotatable bonds is 4. The molecule has 0 unspecified atom stereocenters. The SMILES string of the molecule is COc1cccc(N=C[C@H]2C(=O)NC(=O)N(c3ccc(Cl)cc3)C2=O)c1. The van der Waals surface area contributed by atoms with Gasteiger partial charge in [-0.2, -0.15) is 0 Å². The first-order valence-electron chi connectivity index (χ1n) is 7.62. The molecule has 26 heavy (non-hydrogen) atoms. The predicted octanol–water partition coefficient (Wildman–Crippen LogP) is 2.95. The molecule has 4 amide bonds. The second-order valence-corrected chi connectivity index (χ2v) is 5.84. The van der Waals surface area contributed by atoms with Crippen LogP contribution in [0.15, 0.2) is 53.5 Å². The Morgan fingerprint density at radius 1 is 1.15 bits per heavy atom. The summed E-state index contributed by atoms with van der Waals surface area (Å²) in [5, 5.41) is 2.62. The fourth-order valence-electron chi connectivity index (χ4n) is 2.41. The zero-order chi connectivity index (χ0) is 18.7. The van der Waals surface area contributed by atoms with Crippen molar-refractivity contribution in [2.24, 2.45) is 10.9 Å². The van der Waals surface area contributed by atoms with Gasteiger partial charge in [-0.15, -0.1) is 0 Å². The maximum Gasteiger partial charge on any atom is 0.335 e. The number of anilines is 1. The lowest BCUT2D eigenvalue weighted by atomic mass is 10.1. The van der Waals surface area contributed by atoms with Crippen LogP contribution in [0.1, 0.15) is 0 Å². The lowest BCUT2D eigenvalue weighted by molar-refractivity contribution is -0.131. The normalized spacial score (nSPS) is 17.5. The van der Waals surface area contributed by atoms with Gasteiger partial charge in [0.05, 0.1) is 18.5 Å². The van der Waals surface area contributed by atoms with Gasteiger partial charge in [0.25, 0.3) is 5.91 Å². The van der Waals surface area contributed by atoms with Gasteiger partial charge in [-0.25, -0.2) is 9.69 Å². The minimum absolute atomic E-state index is 0.309. The van der Waals surface area contributed by atoms with Gasteiger partial charge in [-0.05, 0) is 36.4 Å². The first-order valence-corrected chi connectivity index (χ1v) is 8.00. The van der Waals surface area contributed by atoms with Crippen LogP contribution in [0.25, 0.3) is 0 Å². The van der Waals surface area contributed by atoms with E-state index in [1.807, 2.05) is 0 Å². The van der Waals surface area contributed by atoms with E-state index in [1.54, 1.807) is 36.4 Å². The van der Waals surface area contributed by atoms with Crippen molar-refractivity contribution in [2.45, 2.75) is 0 Å². The number of barbiturate groups is 1. The molecule has 2 aromatic rings. The number of hydrogen-bond acceptors (Lipinski definition) is 5. The molecular weight excluding hydrogens is 358 g/mol. The number of aliphatic imine (C=N–C) groups is 1. The number of benzene rings is 2. The average Bonchev–Trinajstić information content (AvgIpc) is 2.63. The predicted molar refractivity (Wildman–Crippen MR) is 97.1 cm³/mol. The van der Waals surface area contributed by atoms with E-state index in [9.17, 15) is 14.4 Å². The molecule has 3 rings (SSSR count). The number of carbonyl (C=O) groups is 3. The lowest BCUT2D eigenvalue weighted by Gasteiger charge is -2.28. The van der Waals surface area contributed by atoms with Gasteiger partial charge in [0.1, 0.15) is 5.75 Å². The summed E-state index contributed by atoms with van der Waals surface area (Å²) in [5.74, 6) is -2.05. The molecule has 8 heteroatoms. The van der Waals surface area contributed by atoms with Crippen molar-refractivity contribution in [3.63, 3.8) is 0 Å². The molecule has 0 bridgehead atoms. The summed E-state index contributed by atoms with van der Waals surface area (Å²) < 4.78 is 5.10. The summed E-state index contributed by atoms with van der Waals surface area (Å²) in [7, 11) is 1.52. The minimum atomic E-state index is -1.23. The molecule has 1 saturated heterocycles. The van der Waals surface area contributed by atoms with Crippen molar-refractivity contribution in [3.05, 3.63) is 53.6 Å². The highest BCUT2D eigenvalue weighted by Gasteiger charge is 2.40. The van der Waals surface area contributed by atoms with Crippen LogP contribution in [-0.2, 0) is 9.59 Å². The molecule has 1 aliphatic rings. The largest absolute Gasteiger partial charge is 0.497 e. The number of urea groups is 1. The Labute approximate surface area is 154 Å². The maximum atomic E-state index is 12.7. The van der Waals surface area contributed by atoms with E-state index in [1.165, 1.54) is 25.5 Å². The van der Waals surface area contributed by atoms with E-state index < -0.39 is 23.8 Å². The molecule has 132 valence electrons. The fraction of sp³-hybridized carbons (Fsp3) is 0.111. The fourth-order valence-corrected chi connectivity index (χ4v) is 2.53. The summed E-state index contributed by atoms with van der Waals surface area (Å²) in [5.41, 5.74) is 0.823. The molecule has 2 aromatic carbocycles. The standard InChI is InChI=1S/C18H14ClN3O4/c1-26-14-4-2-3-12(9-14)20-10-15-16(23)21-18(25)22(17(15)24)13-7-5-11(19)6-8-13/h2-10,15H,1H3,(H,21,23,25)/t15-/m0/s1. The summed E-state index contributed by atoms with van der Waals surface area (Å²) in [6.45, 7) is 0. The molecule has 1 heterocycles. The average molecular weight is 372 g/mol. The highest BCUT2D eigenvalue weighted by Crippen LogP contribution is 2.23. The van der Waals surface area contributed by atoms with Gasteiger partial charge < -0.3 is 4.74 Å². The Bertz CT molecular complexity index is 896. The van der Waals surface area contributed by atoms with Crippen molar-refractivity contribution in [1.82, 2.24) is 5.32 Å². The van der Waals surface area contributed by atoms with E-state index in [0.717, 1.165) is 4.90 Å². The number of methoxy groups -OCH3 is 1. The number of ether oxygens (including phenoxy) is 1. The highest BCUT2D eigenvalue weighted by molar-refractivity contribution is 6.33. The number of nitrogens with zero attached hydrogens (tertiary/aromatic N) is 2. The highest BCUT2D eigenvalue weighted by atomic mass is 35.5. The Kier molecular flexibility index (Phi) is 4.99. The molecule has 1 aliphatic heterocycles. The van der Waals surface area contributed by atoms with Gasteiger partial charge in [0.15, 0.2) is 5.92 Å². The van der Waals surface area contributed by atoms with Gasteiger partial charge >= 0.3 is 6.03 Å². The van der Waals surface area contributed by atoms with E-state index in [-0.39, 0.29) is 0 Å². The van der Waals surface area contributed by atoms with Crippen molar-refractivity contribution in [3.8, 4) is 5.75 Å². The van der Waals surface area contributed by atoms with Crippen molar-refractivity contribution >= 4 is 47.0 Å². The molecule has 0 aliphatic carbocycles. The molecule has 1 N–H and O–H groups in total. The number of hydrogen-bond donors (Lipinski definition) is 1. The molecular formula is C18H14ClN3O4. The Morgan fingerprint density at radius 2 is 1.88 bits per heavy atom. The minimum Gasteiger partial charge on any atom is -0.497 e. The van der Waals surface area contributed by atoms with Crippen LogP contribution in [0.4, 0.5) is 16.2 Å². The number of halogens is 1. The van der Waals surface area contributed by atoms with Crippen molar-refractivity contribution in [1.29, 1.82) is 0 Å². The Balaban J connectivity index is 1.87. The number of amides is 4. The van der Waals surface area contributed by atoms with E-state index in [0.29, 0.717) is 22.1 Å². The van der Waals surface area contributed by atoms with Crippen molar-refractivity contribution in [2.75, 3.05) is 12.0 Å². The van der Waals surface area contributed by atoms with Crippen LogP contribution in [-0.4, -0.2) is 31.2 Å². The van der Waals surface area contributed by atoms with Crippen LogP contribution in [0.3, 0.4) is 0 Å². The van der Waals surface area contributed by atoms with Crippen molar-refractivity contribution < 1.29 is 19.1 Å². The first-order chi connectivity index (χ1) is 12.5. The summed E-state index contributed by atoms with van der Waals surface area (Å²) in [4.78, 5) is 41.9. The lowest BCUT2D eigenvalue weighted by Crippen LogP contribution is -2.58. The third-order valence-electron chi connectivity index (χ3n) is 3.71. The summed E-state index contributed by atoms with van der Waals surface area (Å²) in [6, 6.07) is 12.2. The first kappa shape index (κ1) is 17.6. The summed E-state index contributed by atoms with van der Waals surface area (Å²) >= 11 is 5.83.